The van der Waals surface area contributed by atoms with E-state index < -0.39 is 11.9 Å². The van der Waals surface area contributed by atoms with Crippen LogP contribution in [0.5, 0.6) is 0 Å². The van der Waals surface area contributed by atoms with Crippen LogP contribution in [0.25, 0.3) is 0 Å². The van der Waals surface area contributed by atoms with Gasteiger partial charge in [-0.05, 0) is 60.8 Å². The number of anilines is 1. The van der Waals surface area contributed by atoms with Crippen molar-refractivity contribution < 1.29 is 19.1 Å². The molecule has 3 aromatic carbocycles. The summed E-state index contributed by atoms with van der Waals surface area (Å²) in [5.41, 5.74) is 5.08. The quantitative estimate of drug-likeness (QED) is 0.201. The normalized spacial score (nSPS) is 14.5. The Morgan fingerprint density at radius 1 is 0.974 bits per heavy atom. The van der Waals surface area contributed by atoms with Crippen molar-refractivity contribution in [3.05, 3.63) is 95.1 Å². The Bertz CT molecular complexity index is 1320. The van der Waals surface area contributed by atoms with Crippen LogP contribution in [0, 0.1) is 0 Å². The van der Waals surface area contributed by atoms with Crippen molar-refractivity contribution in [1.29, 1.82) is 0 Å². The zero-order valence-electron chi connectivity index (χ0n) is 21.6. The van der Waals surface area contributed by atoms with Crippen LogP contribution in [0.1, 0.15) is 53.2 Å². The van der Waals surface area contributed by atoms with Crippen LogP contribution in [-0.4, -0.2) is 43.2 Å². The summed E-state index contributed by atoms with van der Waals surface area (Å²) >= 11 is 0. The summed E-state index contributed by atoms with van der Waals surface area (Å²) in [4.78, 5) is 41.2. The number of nitrogens with zero attached hydrogens (tertiary/aromatic N) is 1. The van der Waals surface area contributed by atoms with Gasteiger partial charge in [0, 0.05) is 25.7 Å². The molecule has 2 amide bonds. The summed E-state index contributed by atoms with van der Waals surface area (Å²) in [5.74, 6) is -1.25. The van der Waals surface area contributed by atoms with Gasteiger partial charge < -0.3 is 20.7 Å². The van der Waals surface area contributed by atoms with E-state index in [4.69, 9.17) is 9.73 Å². The van der Waals surface area contributed by atoms with Gasteiger partial charge in [0.05, 0.1) is 23.6 Å². The maximum absolute atomic E-state index is 13.2. The molecule has 1 aliphatic rings. The first-order valence-electron chi connectivity index (χ1n) is 12.8. The van der Waals surface area contributed by atoms with Crippen LogP contribution in [0.2, 0.25) is 0 Å². The Kier molecular flexibility index (Phi) is 9.00. The number of aliphatic imine (C=N–C) groups is 1. The number of carbonyl (C=O) groups excluding carboxylic acids is 3. The lowest BCUT2D eigenvalue weighted by molar-refractivity contribution is -0.119. The minimum Gasteiger partial charge on any atom is -0.462 e. The lowest BCUT2D eigenvalue weighted by Crippen LogP contribution is -2.24. The fourth-order valence-electron chi connectivity index (χ4n) is 4.32. The molecule has 1 aliphatic heterocycles. The molecule has 3 N–H and O–H groups in total. The number of carbonyl (C=O) groups is 3. The molecule has 0 aliphatic carbocycles. The molecule has 0 saturated heterocycles. The number of fused-ring (bicyclic) bond motifs is 1. The standard InChI is InChI=1S/C30H32N4O4/c1-3-38-30(37)23-12-15-25-26(18-23)34-29(36)27(25)28(22-8-5-4-6-9-22)33-24-13-10-21(11-14-24)19-31-16-7-17-32-20(2)35/h4-6,8-15,18,27,31H,3,7,16-17,19H2,1-2H3,(H,32,35)(H,34,36). The maximum atomic E-state index is 13.2. The van der Waals surface area contributed by atoms with Gasteiger partial charge in [-0.3, -0.25) is 14.6 Å². The van der Waals surface area contributed by atoms with E-state index in [-0.39, 0.29) is 18.4 Å². The molecule has 0 radical (unpaired) electrons. The fourth-order valence-corrected chi connectivity index (χ4v) is 4.32. The first-order chi connectivity index (χ1) is 18.5. The molecule has 0 bridgehead atoms. The first kappa shape index (κ1) is 26.8. The van der Waals surface area contributed by atoms with E-state index in [1.165, 1.54) is 6.92 Å². The van der Waals surface area contributed by atoms with Crippen molar-refractivity contribution in [2.45, 2.75) is 32.7 Å². The van der Waals surface area contributed by atoms with E-state index in [2.05, 4.69) is 16.0 Å². The van der Waals surface area contributed by atoms with E-state index in [0.717, 1.165) is 35.3 Å². The molecule has 8 heteroatoms. The Morgan fingerprint density at radius 3 is 2.45 bits per heavy atom. The highest BCUT2D eigenvalue weighted by Crippen LogP contribution is 2.37. The van der Waals surface area contributed by atoms with Crippen molar-refractivity contribution in [2.75, 3.05) is 25.0 Å². The minimum absolute atomic E-state index is 0.0176. The number of esters is 1. The molecule has 1 atom stereocenters. The molecule has 0 saturated carbocycles. The van der Waals surface area contributed by atoms with Crippen LogP contribution < -0.4 is 16.0 Å². The number of nitrogens with one attached hydrogen (secondary N) is 3. The first-order valence-corrected chi connectivity index (χ1v) is 12.8. The molecule has 196 valence electrons. The van der Waals surface area contributed by atoms with E-state index in [9.17, 15) is 14.4 Å². The molecule has 0 fully saturated rings. The van der Waals surface area contributed by atoms with Crippen molar-refractivity contribution >= 4 is 34.9 Å². The smallest absolute Gasteiger partial charge is 0.338 e. The van der Waals surface area contributed by atoms with Gasteiger partial charge in [-0.1, -0.05) is 48.5 Å². The summed E-state index contributed by atoms with van der Waals surface area (Å²) < 4.78 is 5.10. The molecule has 4 rings (SSSR count). The van der Waals surface area contributed by atoms with Crippen molar-refractivity contribution in [3.63, 3.8) is 0 Å². The zero-order chi connectivity index (χ0) is 26.9. The fraction of sp³-hybridized carbons (Fsp3) is 0.267. The van der Waals surface area contributed by atoms with E-state index in [1.807, 2.05) is 54.6 Å². The average Bonchev–Trinajstić information content (AvgIpc) is 3.25. The predicted octanol–water partition coefficient (Wildman–Crippen LogP) is 4.34. The second-order valence-corrected chi connectivity index (χ2v) is 8.99. The Hall–Kier alpha value is -4.30. The zero-order valence-corrected chi connectivity index (χ0v) is 21.6. The largest absolute Gasteiger partial charge is 0.462 e. The van der Waals surface area contributed by atoms with Gasteiger partial charge in [0.1, 0.15) is 5.92 Å². The van der Waals surface area contributed by atoms with Crippen molar-refractivity contribution in [1.82, 2.24) is 10.6 Å². The number of ether oxygens (including phenoxy) is 1. The Labute approximate surface area is 222 Å². The highest BCUT2D eigenvalue weighted by molar-refractivity contribution is 6.24. The van der Waals surface area contributed by atoms with E-state index >= 15 is 0 Å². The summed E-state index contributed by atoms with van der Waals surface area (Å²) in [5, 5.41) is 9.07. The number of amides is 2. The van der Waals surface area contributed by atoms with Crippen LogP contribution in [0.3, 0.4) is 0 Å². The monoisotopic (exact) mass is 512 g/mol. The number of rotatable bonds is 11. The average molecular weight is 513 g/mol. The maximum Gasteiger partial charge on any atom is 0.338 e. The topological polar surface area (TPSA) is 109 Å². The number of benzene rings is 3. The third-order valence-corrected chi connectivity index (χ3v) is 6.16. The second-order valence-electron chi connectivity index (χ2n) is 8.99. The highest BCUT2D eigenvalue weighted by atomic mass is 16.5. The van der Waals surface area contributed by atoms with Gasteiger partial charge in [0.2, 0.25) is 11.8 Å². The van der Waals surface area contributed by atoms with E-state index in [0.29, 0.717) is 30.1 Å². The van der Waals surface area contributed by atoms with Crippen LogP contribution in [0.15, 0.2) is 77.8 Å². The molecular formula is C30H32N4O4. The molecular weight excluding hydrogens is 480 g/mol. The van der Waals surface area contributed by atoms with Crippen molar-refractivity contribution in [2.24, 2.45) is 4.99 Å². The summed E-state index contributed by atoms with van der Waals surface area (Å²) in [7, 11) is 0. The highest BCUT2D eigenvalue weighted by Gasteiger charge is 2.36. The van der Waals surface area contributed by atoms with Gasteiger partial charge in [0.25, 0.3) is 0 Å². The number of hydrogen-bond acceptors (Lipinski definition) is 6. The molecule has 38 heavy (non-hydrogen) atoms. The summed E-state index contributed by atoms with van der Waals surface area (Å²) in [6, 6.07) is 22.7. The van der Waals surface area contributed by atoms with Crippen LogP contribution >= 0.6 is 0 Å². The Balaban J connectivity index is 1.54. The number of hydrogen-bond donors (Lipinski definition) is 3. The predicted molar refractivity (Wildman–Crippen MR) is 148 cm³/mol. The van der Waals surface area contributed by atoms with Gasteiger partial charge in [-0.25, -0.2) is 4.79 Å². The Morgan fingerprint density at radius 2 is 1.74 bits per heavy atom. The molecule has 0 spiro atoms. The molecule has 1 unspecified atom stereocenters. The SMILES string of the molecule is CCOC(=O)c1ccc2c(c1)NC(=O)C2C(=Nc1ccc(CNCCCNC(C)=O)cc1)c1ccccc1. The molecule has 3 aromatic rings. The molecule has 0 aromatic heterocycles. The van der Waals surface area contributed by atoms with Crippen LogP contribution in [-0.2, 0) is 20.9 Å². The summed E-state index contributed by atoms with van der Waals surface area (Å²) in [6.45, 7) is 5.71. The lowest BCUT2D eigenvalue weighted by Gasteiger charge is -2.14. The second kappa shape index (κ2) is 12.8. The van der Waals surface area contributed by atoms with Crippen molar-refractivity contribution in [3.8, 4) is 0 Å². The lowest BCUT2D eigenvalue weighted by atomic mass is 9.90. The third-order valence-electron chi connectivity index (χ3n) is 6.16. The summed E-state index contributed by atoms with van der Waals surface area (Å²) in [6.07, 6.45) is 0.856. The third kappa shape index (κ3) is 6.72. The molecule has 8 nitrogen and oxygen atoms in total. The van der Waals surface area contributed by atoms with E-state index in [1.54, 1.807) is 25.1 Å². The van der Waals surface area contributed by atoms with Gasteiger partial charge in [0.15, 0.2) is 0 Å². The van der Waals surface area contributed by atoms with Gasteiger partial charge in [-0.2, -0.15) is 0 Å². The minimum atomic E-state index is -0.617. The van der Waals surface area contributed by atoms with Gasteiger partial charge >= 0.3 is 5.97 Å². The molecule has 1 heterocycles. The van der Waals surface area contributed by atoms with Gasteiger partial charge in [-0.15, -0.1) is 0 Å². The van der Waals surface area contributed by atoms with Crippen LogP contribution in [0.4, 0.5) is 11.4 Å².